The van der Waals surface area contributed by atoms with Crippen LogP contribution < -0.4 is 10.5 Å². The lowest BCUT2D eigenvalue weighted by molar-refractivity contribution is 0.117. The number of amidine groups is 1. The molecule has 0 heterocycles. The lowest BCUT2D eigenvalue weighted by Crippen LogP contribution is -2.13. The zero-order valence-corrected chi connectivity index (χ0v) is 11.2. The predicted molar refractivity (Wildman–Crippen MR) is 73.2 cm³/mol. The van der Waals surface area contributed by atoms with Gasteiger partial charge in [0.2, 0.25) is 0 Å². The number of ether oxygens (including phenoxy) is 2. The molecule has 0 atom stereocenters. The Balaban J connectivity index is 2.56. The van der Waals surface area contributed by atoms with Crippen molar-refractivity contribution in [2.45, 2.75) is 32.8 Å². The molecule has 0 aliphatic rings. The zero-order valence-electron chi connectivity index (χ0n) is 11.2. The van der Waals surface area contributed by atoms with Crippen LogP contribution in [0.25, 0.3) is 0 Å². The van der Waals surface area contributed by atoms with Crippen molar-refractivity contribution < 1.29 is 9.47 Å². The first-order valence-electron chi connectivity index (χ1n) is 6.28. The van der Waals surface area contributed by atoms with Crippen LogP contribution in [0, 0.1) is 5.41 Å². The van der Waals surface area contributed by atoms with E-state index in [4.69, 9.17) is 20.6 Å². The minimum atomic E-state index is 0.0136. The number of unbranched alkanes of at least 4 members (excludes halogenated alkanes) is 2. The van der Waals surface area contributed by atoms with Gasteiger partial charge in [-0.1, -0.05) is 25.8 Å². The van der Waals surface area contributed by atoms with E-state index in [1.54, 1.807) is 7.11 Å². The van der Waals surface area contributed by atoms with Crippen molar-refractivity contribution in [3.05, 3.63) is 29.3 Å². The fourth-order valence-corrected chi connectivity index (χ4v) is 1.70. The van der Waals surface area contributed by atoms with Crippen LogP contribution in [0.3, 0.4) is 0 Å². The number of rotatable bonds is 8. The van der Waals surface area contributed by atoms with Gasteiger partial charge >= 0.3 is 0 Å². The Labute approximate surface area is 109 Å². The first-order chi connectivity index (χ1) is 8.69. The molecule has 0 aliphatic carbocycles. The summed E-state index contributed by atoms with van der Waals surface area (Å²) in [6.07, 6.45) is 3.48. The smallest absolute Gasteiger partial charge is 0.129 e. The highest BCUT2D eigenvalue weighted by atomic mass is 16.5. The molecule has 0 spiro atoms. The number of nitrogen functional groups attached to an aromatic ring is 1. The molecule has 4 heteroatoms. The molecule has 0 aliphatic heterocycles. The van der Waals surface area contributed by atoms with Crippen molar-refractivity contribution in [2.24, 2.45) is 5.73 Å². The minimum Gasteiger partial charge on any atom is -0.496 e. The third kappa shape index (κ3) is 4.37. The Hall–Kier alpha value is -1.55. The second-order valence-corrected chi connectivity index (χ2v) is 4.21. The standard InChI is InChI=1S/C14H22N2O2/c1-3-4-5-8-18-10-11-6-7-13(17-2)12(9-11)14(15)16/h6-7,9H,3-5,8,10H2,1-2H3,(H3,15,16). The number of hydrogen-bond donors (Lipinski definition) is 2. The summed E-state index contributed by atoms with van der Waals surface area (Å²) in [6.45, 7) is 3.49. The number of methoxy groups -OCH3 is 1. The first-order valence-corrected chi connectivity index (χ1v) is 6.28. The average molecular weight is 250 g/mol. The SMILES string of the molecule is CCCCCOCc1ccc(OC)c(C(=N)N)c1. The van der Waals surface area contributed by atoms with Crippen LogP contribution in [0.4, 0.5) is 0 Å². The molecule has 0 radical (unpaired) electrons. The van der Waals surface area contributed by atoms with E-state index in [1.807, 2.05) is 18.2 Å². The maximum absolute atomic E-state index is 7.50. The third-order valence-electron chi connectivity index (χ3n) is 2.72. The highest BCUT2D eigenvalue weighted by Gasteiger charge is 2.07. The van der Waals surface area contributed by atoms with Gasteiger partial charge in [-0.3, -0.25) is 5.41 Å². The van der Waals surface area contributed by atoms with Gasteiger partial charge < -0.3 is 15.2 Å². The van der Waals surface area contributed by atoms with Gasteiger partial charge in [-0.15, -0.1) is 0 Å². The van der Waals surface area contributed by atoms with E-state index in [2.05, 4.69) is 6.92 Å². The van der Waals surface area contributed by atoms with Gasteiger partial charge in [0.25, 0.3) is 0 Å². The van der Waals surface area contributed by atoms with Crippen LogP contribution in [0.2, 0.25) is 0 Å². The molecule has 0 unspecified atom stereocenters. The van der Waals surface area contributed by atoms with Crippen LogP contribution in [0.5, 0.6) is 5.75 Å². The van der Waals surface area contributed by atoms with Crippen LogP contribution in [-0.2, 0) is 11.3 Å². The molecule has 3 N–H and O–H groups in total. The van der Waals surface area contributed by atoms with E-state index in [0.717, 1.165) is 18.6 Å². The van der Waals surface area contributed by atoms with Crippen LogP contribution >= 0.6 is 0 Å². The van der Waals surface area contributed by atoms with E-state index in [9.17, 15) is 0 Å². The van der Waals surface area contributed by atoms with Crippen molar-refractivity contribution in [3.63, 3.8) is 0 Å². The maximum atomic E-state index is 7.50. The largest absolute Gasteiger partial charge is 0.496 e. The summed E-state index contributed by atoms with van der Waals surface area (Å²) in [4.78, 5) is 0. The molecule has 1 rings (SSSR count). The van der Waals surface area contributed by atoms with Gasteiger partial charge in [-0.05, 0) is 24.1 Å². The summed E-state index contributed by atoms with van der Waals surface area (Å²) < 4.78 is 10.7. The summed E-state index contributed by atoms with van der Waals surface area (Å²) in [5, 5.41) is 7.50. The van der Waals surface area contributed by atoms with Crippen molar-refractivity contribution in [1.82, 2.24) is 0 Å². The van der Waals surface area contributed by atoms with Gasteiger partial charge in [0, 0.05) is 6.61 Å². The lowest BCUT2D eigenvalue weighted by atomic mass is 10.1. The molecule has 0 fully saturated rings. The highest BCUT2D eigenvalue weighted by molar-refractivity contribution is 5.97. The molecule has 0 aromatic heterocycles. The van der Waals surface area contributed by atoms with E-state index in [0.29, 0.717) is 17.9 Å². The van der Waals surface area contributed by atoms with Gasteiger partial charge in [-0.2, -0.15) is 0 Å². The molecule has 4 nitrogen and oxygen atoms in total. The number of benzene rings is 1. The molecule has 100 valence electrons. The quantitative estimate of drug-likeness (QED) is 0.423. The fourth-order valence-electron chi connectivity index (χ4n) is 1.70. The molecule has 0 saturated carbocycles. The van der Waals surface area contributed by atoms with E-state index in [-0.39, 0.29) is 5.84 Å². The Morgan fingerprint density at radius 1 is 1.33 bits per heavy atom. The Morgan fingerprint density at radius 3 is 2.72 bits per heavy atom. The van der Waals surface area contributed by atoms with E-state index >= 15 is 0 Å². The number of nitrogens with two attached hydrogens (primary N) is 1. The fraction of sp³-hybridized carbons (Fsp3) is 0.500. The molecule has 18 heavy (non-hydrogen) atoms. The molecular weight excluding hydrogens is 228 g/mol. The summed E-state index contributed by atoms with van der Waals surface area (Å²) in [5.41, 5.74) is 7.15. The summed E-state index contributed by atoms with van der Waals surface area (Å²) in [7, 11) is 1.57. The second-order valence-electron chi connectivity index (χ2n) is 4.21. The lowest BCUT2D eigenvalue weighted by Gasteiger charge is -2.10. The van der Waals surface area contributed by atoms with E-state index < -0.39 is 0 Å². The Kier molecular flexibility index (Phi) is 6.22. The Bertz CT molecular complexity index is 391. The van der Waals surface area contributed by atoms with Crippen LogP contribution in [0.15, 0.2) is 18.2 Å². The second kappa shape index (κ2) is 7.71. The molecule has 0 bridgehead atoms. The number of hydrogen-bond acceptors (Lipinski definition) is 3. The minimum absolute atomic E-state index is 0.0136. The van der Waals surface area contributed by atoms with Crippen LogP contribution in [-0.4, -0.2) is 19.6 Å². The first kappa shape index (κ1) is 14.5. The van der Waals surface area contributed by atoms with Gasteiger partial charge in [0.15, 0.2) is 0 Å². The molecular formula is C14H22N2O2. The molecule has 0 saturated heterocycles. The van der Waals surface area contributed by atoms with Crippen molar-refractivity contribution >= 4 is 5.84 Å². The topological polar surface area (TPSA) is 68.3 Å². The summed E-state index contributed by atoms with van der Waals surface area (Å²) in [5.74, 6) is 0.636. The normalized spacial score (nSPS) is 10.3. The monoisotopic (exact) mass is 250 g/mol. The van der Waals surface area contributed by atoms with Gasteiger partial charge in [-0.25, -0.2) is 0 Å². The van der Waals surface area contributed by atoms with E-state index in [1.165, 1.54) is 12.8 Å². The average Bonchev–Trinajstić information content (AvgIpc) is 2.38. The molecule has 1 aromatic rings. The number of nitrogens with one attached hydrogen (secondary N) is 1. The van der Waals surface area contributed by atoms with Crippen LogP contribution in [0.1, 0.15) is 37.3 Å². The summed E-state index contributed by atoms with van der Waals surface area (Å²) in [6, 6.07) is 5.60. The van der Waals surface area contributed by atoms with Gasteiger partial charge in [0.05, 0.1) is 19.3 Å². The van der Waals surface area contributed by atoms with Crippen molar-refractivity contribution in [3.8, 4) is 5.75 Å². The third-order valence-corrected chi connectivity index (χ3v) is 2.72. The van der Waals surface area contributed by atoms with Crippen molar-refractivity contribution in [1.29, 1.82) is 5.41 Å². The van der Waals surface area contributed by atoms with Crippen molar-refractivity contribution in [2.75, 3.05) is 13.7 Å². The Morgan fingerprint density at radius 2 is 2.11 bits per heavy atom. The van der Waals surface area contributed by atoms with Gasteiger partial charge in [0.1, 0.15) is 11.6 Å². The zero-order chi connectivity index (χ0) is 13.4. The molecule has 1 aromatic carbocycles. The molecule has 0 amide bonds. The predicted octanol–water partition coefficient (Wildman–Crippen LogP) is 2.69. The highest BCUT2D eigenvalue weighted by Crippen LogP contribution is 2.19. The summed E-state index contributed by atoms with van der Waals surface area (Å²) >= 11 is 0. The maximum Gasteiger partial charge on any atom is 0.129 e.